The summed E-state index contributed by atoms with van der Waals surface area (Å²) in [7, 11) is 0. The van der Waals surface area contributed by atoms with Gasteiger partial charge in [-0.3, -0.25) is 29.2 Å². The highest BCUT2D eigenvalue weighted by Gasteiger charge is 2.39. The number of unbranched alkanes of at least 4 members (excludes halogenated alkanes) is 1. The van der Waals surface area contributed by atoms with E-state index in [1.54, 1.807) is 30.5 Å². The van der Waals surface area contributed by atoms with Crippen molar-refractivity contribution in [2.75, 3.05) is 0 Å². The fourth-order valence-corrected chi connectivity index (χ4v) is 4.65. The zero-order chi connectivity index (χ0) is 25.9. The Morgan fingerprint density at radius 3 is 2.68 bits per heavy atom. The maximum atomic E-state index is 12.9. The van der Waals surface area contributed by atoms with Crippen LogP contribution < -0.4 is 11.1 Å². The van der Waals surface area contributed by atoms with Crippen LogP contribution in [0.4, 0.5) is 0 Å². The van der Waals surface area contributed by atoms with Crippen molar-refractivity contribution in [3.8, 4) is 23.0 Å². The molecule has 37 heavy (non-hydrogen) atoms. The van der Waals surface area contributed by atoms with Crippen LogP contribution in [-0.2, 0) is 22.7 Å². The Morgan fingerprint density at radius 1 is 1.11 bits per heavy atom. The minimum Gasteiger partial charge on any atom is -0.366 e. The molecule has 4 amide bonds. The summed E-state index contributed by atoms with van der Waals surface area (Å²) in [6.45, 7) is 1.00. The highest BCUT2D eigenvalue weighted by atomic mass is 16.2. The van der Waals surface area contributed by atoms with Gasteiger partial charge in [-0.25, -0.2) is 0 Å². The second-order valence-electron chi connectivity index (χ2n) is 9.07. The zero-order valence-corrected chi connectivity index (χ0v) is 20.1. The third-order valence-electron chi connectivity index (χ3n) is 6.63. The van der Waals surface area contributed by atoms with Crippen molar-refractivity contribution in [3.05, 3.63) is 77.1 Å². The molecular weight excluding hydrogens is 470 g/mol. The summed E-state index contributed by atoms with van der Waals surface area (Å²) < 4.78 is 1.86. The number of hydrogen-bond acceptors (Lipinski definition) is 5. The van der Waals surface area contributed by atoms with Crippen molar-refractivity contribution in [2.24, 2.45) is 5.73 Å². The van der Waals surface area contributed by atoms with E-state index in [2.05, 4.69) is 22.3 Å². The average Bonchev–Trinajstić information content (AvgIpc) is 3.49. The molecule has 0 spiro atoms. The molecule has 9 nitrogen and oxygen atoms in total. The average molecular weight is 496 g/mol. The summed E-state index contributed by atoms with van der Waals surface area (Å²) >= 11 is 0. The predicted molar refractivity (Wildman–Crippen MR) is 135 cm³/mol. The first-order valence-corrected chi connectivity index (χ1v) is 12.1. The van der Waals surface area contributed by atoms with Crippen LogP contribution in [0.5, 0.6) is 0 Å². The Kier molecular flexibility index (Phi) is 6.56. The lowest BCUT2D eigenvalue weighted by Gasteiger charge is -2.29. The van der Waals surface area contributed by atoms with Gasteiger partial charge in [0.15, 0.2) is 0 Å². The van der Waals surface area contributed by atoms with Crippen LogP contribution in [-0.4, -0.2) is 44.4 Å². The van der Waals surface area contributed by atoms with Gasteiger partial charge in [0.2, 0.25) is 17.7 Å². The van der Waals surface area contributed by atoms with E-state index in [0.717, 1.165) is 28.7 Å². The summed E-state index contributed by atoms with van der Waals surface area (Å²) in [5.41, 5.74) is 9.82. The smallest absolute Gasteiger partial charge is 0.255 e. The molecular formula is C28H25N5O4. The highest BCUT2D eigenvalue weighted by Crippen LogP contribution is 2.29. The van der Waals surface area contributed by atoms with E-state index in [-0.39, 0.29) is 18.2 Å². The number of aromatic nitrogens is 2. The first kappa shape index (κ1) is 24.0. The number of carbonyl (C=O) groups excluding carboxylic acids is 4. The summed E-state index contributed by atoms with van der Waals surface area (Å²) in [4.78, 5) is 49.5. The van der Waals surface area contributed by atoms with Gasteiger partial charge in [0.05, 0.1) is 6.20 Å². The molecule has 0 radical (unpaired) electrons. The van der Waals surface area contributed by atoms with Gasteiger partial charge in [-0.15, -0.1) is 0 Å². The first-order valence-electron chi connectivity index (χ1n) is 12.1. The van der Waals surface area contributed by atoms with Crippen molar-refractivity contribution in [1.82, 2.24) is 20.0 Å². The second-order valence-corrected chi connectivity index (χ2v) is 9.07. The van der Waals surface area contributed by atoms with Gasteiger partial charge in [-0.1, -0.05) is 30.0 Å². The van der Waals surface area contributed by atoms with Crippen molar-refractivity contribution in [3.63, 3.8) is 0 Å². The van der Waals surface area contributed by atoms with Gasteiger partial charge in [0.1, 0.15) is 6.04 Å². The van der Waals surface area contributed by atoms with Crippen LogP contribution in [0, 0.1) is 11.8 Å². The van der Waals surface area contributed by atoms with Crippen LogP contribution >= 0.6 is 0 Å². The number of primary amides is 1. The molecule has 1 fully saturated rings. The van der Waals surface area contributed by atoms with Gasteiger partial charge in [-0.2, -0.15) is 5.10 Å². The first-order chi connectivity index (χ1) is 17.9. The molecule has 2 aromatic carbocycles. The molecule has 3 heterocycles. The number of aryl methyl sites for hydroxylation is 1. The lowest BCUT2D eigenvalue weighted by Crippen LogP contribution is -2.52. The van der Waals surface area contributed by atoms with E-state index in [1.165, 1.54) is 4.90 Å². The molecule has 0 saturated carbocycles. The highest BCUT2D eigenvalue weighted by molar-refractivity contribution is 6.05. The van der Waals surface area contributed by atoms with Crippen LogP contribution in [0.3, 0.4) is 0 Å². The lowest BCUT2D eigenvalue weighted by atomic mass is 10.0. The topological polar surface area (TPSA) is 127 Å². The Bertz CT molecular complexity index is 1460. The minimum absolute atomic E-state index is 0.202. The molecule has 2 aliphatic heterocycles. The van der Waals surface area contributed by atoms with E-state index >= 15 is 0 Å². The molecule has 3 aromatic rings. The molecule has 1 atom stereocenters. The van der Waals surface area contributed by atoms with E-state index in [1.807, 2.05) is 29.1 Å². The molecule has 2 aliphatic rings. The molecule has 0 aliphatic carbocycles. The van der Waals surface area contributed by atoms with E-state index in [4.69, 9.17) is 5.73 Å². The number of nitrogens with two attached hydrogens (primary N) is 1. The largest absolute Gasteiger partial charge is 0.366 e. The van der Waals surface area contributed by atoms with E-state index in [9.17, 15) is 19.2 Å². The number of imide groups is 1. The Morgan fingerprint density at radius 2 is 1.92 bits per heavy atom. The number of piperidine rings is 1. The second kappa shape index (κ2) is 10.1. The molecule has 1 saturated heterocycles. The maximum Gasteiger partial charge on any atom is 0.255 e. The summed E-state index contributed by atoms with van der Waals surface area (Å²) in [6, 6.07) is 11.9. The number of nitrogens with one attached hydrogen (secondary N) is 1. The number of hydrogen-bond donors (Lipinski definition) is 2. The SMILES string of the molecule is NC(=O)c1ccc(-c2cnn(CCCC#Cc3cccc4c3CN(C3CCC(=O)NC3=O)C4=O)c2)cc1. The Balaban J connectivity index is 1.19. The molecule has 5 rings (SSSR count). The number of fused-ring (bicyclic) bond motifs is 1. The lowest BCUT2D eigenvalue weighted by molar-refractivity contribution is -0.136. The van der Waals surface area contributed by atoms with E-state index in [0.29, 0.717) is 37.1 Å². The normalized spacial score (nSPS) is 16.7. The van der Waals surface area contributed by atoms with Gasteiger partial charge in [-0.05, 0) is 48.2 Å². The molecule has 1 unspecified atom stereocenters. The summed E-state index contributed by atoms with van der Waals surface area (Å²) in [5.74, 6) is 5.00. The molecule has 3 N–H and O–H groups in total. The summed E-state index contributed by atoms with van der Waals surface area (Å²) in [6.07, 6.45) is 5.74. The van der Waals surface area contributed by atoms with Crippen LogP contribution in [0.1, 0.15) is 57.5 Å². The van der Waals surface area contributed by atoms with Crippen molar-refractivity contribution in [1.29, 1.82) is 0 Å². The summed E-state index contributed by atoms with van der Waals surface area (Å²) in [5, 5.41) is 6.73. The van der Waals surface area contributed by atoms with Crippen LogP contribution in [0.15, 0.2) is 54.9 Å². The predicted octanol–water partition coefficient (Wildman–Crippen LogP) is 2.24. The number of nitrogens with zero attached hydrogens (tertiary/aromatic N) is 3. The standard InChI is InChI=1S/C28H25N5O4/c29-26(35)20-10-8-18(9-11-20)21-15-30-32(16-21)14-3-1-2-5-19-6-4-7-22-23(19)17-33(28(22)37)24-12-13-25(34)31-27(24)36/h4,6-11,15-16,24H,1,3,12-14,17H2,(H2,29,35)(H,31,34,36). The maximum absolute atomic E-state index is 12.9. The quantitative estimate of drug-likeness (QED) is 0.308. The Hall–Kier alpha value is -4.71. The molecule has 1 aromatic heterocycles. The fourth-order valence-electron chi connectivity index (χ4n) is 4.65. The van der Waals surface area contributed by atoms with Crippen molar-refractivity contribution in [2.45, 2.75) is 44.8 Å². The van der Waals surface area contributed by atoms with Crippen molar-refractivity contribution >= 4 is 23.6 Å². The van der Waals surface area contributed by atoms with E-state index < -0.39 is 17.9 Å². The fraction of sp³-hybridized carbons (Fsp3) is 0.250. The van der Waals surface area contributed by atoms with Crippen LogP contribution in [0.25, 0.3) is 11.1 Å². The number of carbonyl (C=O) groups is 4. The monoisotopic (exact) mass is 495 g/mol. The van der Waals surface area contributed by atoms with Gasteiger partial charge >= 0.3 is 0 Å². The zero-order valence-electron chi connectivity index (χ0n) is 20.1. The van der Waals surface area contributed by atoms with Crippen molar-refractivity contribution < 1.29 is 19.2 Å². The Labute approximate surface area is 213 Å². The molecule has 9 heteroatoms. The van der Waals surface area contributed by atoms with Gasteiger partial charge in [0.25, 0.3) is 5.91 Å². The number of benzene rings is 2. The van der Waals surface area contributed by atoms with Gasteiger partial charge in [0, 0.05) is 54.4 Å². The third kappa shape index (κ3) is 5.00. The minimum atomic E-state index is -0.640. The van der Waals surface area contributed by atoms with Gasteiger partial charge < -0.3 is 10.6 Å². The number of amides is 4. The molecule has 0 bridgehead atoms. The third-order valence-corrected chi connectivity index (χ3v) is 6.63. The number of rotatable bonds is 6. The van der Waals surface area contributed by atoms with Crippen LogP contribution in [0.2, 0.25) is 0 Å². The molecule has 186 valence electrons.